The second kappa shape index (κ2) is 7.81. The van der Waals surface area contributed by atoms with Crippen molar-refractivity contribution in [2.45, 2.75) is 19.0 Å². The molecule has 0 unspecified atom stereocenters. The molecule has 1 aromatic carbocycles. The van der Waals surface area contributed by atoms with E-state index in [-0.39, 0.29) is 6.04 Å². The molecule has 0 aliphatic carbocycles. The van der Waals surface area contributed by atoms with Crippen LogP contribution in [0.1, 0.15) is 28.6 Å². The molecule has 0 bridgehead atoms. The van der Waals surface area contributed by atoms with Gasteiger partial charge >= 0.3 is 6.01 Å². The first-order chi connectivity index (χ1) is 14.4. The summed E-state index contributed by atoms with van der Waals surface area (Å²) in [6.07, 6.45) is 9.80. The first kappa shape index (κ1) is 17.5. The number of nitrogens with one attached hydrogen (secondary N) is 1. The van der Waals surface area contributed by atoms with E-state index in [1.807, 2.05) is 24.4 Å². The largest absolute Gasteiger partial charge is 0.424 e. The SMILES string of the molecule is c1cnc(Oc2ccc(CN3CCc4[nH]cnc4[C@H]3c3cccnc3)cc2)nc1. The maximum Gasteiger partial charge on any atom is 0.321 e. The molecule has 4 aromatic rings. The second-order valence-corrected chi connectivity index (χ2v) is 6.95. The molecule has 1 atom stereocenters. The number of imidazole rings is 1. The summed E-state index contributed by atoms with van der Waals surface area (Å²) in [5, 5.41) is 0. The second-order valence-electron chi connectivity index (χ2n) is 6.95. The van der Waals surface area contributed by atoms with Crippen LogP contribution in [-0.2, 0) is 13.0 Å². The van der Waals surface area contributed by atoms with Crippen LogP contribution < -0.4 is 4.74 Å². The molecule has 0 radical (unpaired) electrons. The molecule has 1 aliphatic heterocycles. The Morgan fingerprint density at radius 3 is 2.66 bits per heavy atom. The van der Waals surface area contributed by atoms with Crippen LogP contribution >= 0.6 is 0 Å². The fourth-order valence-corrected chi connectivity index (χ4v) is 3.74. The fourth-order valence-electron chi connectivity index (χ4n) is 3.74. The van der Waals surface area contributed by atoms with Gasteiger partial charge in [-0.3, -0.25) is 9.88 Å². The molecule has 7 heteroatoms. The molecule has 29 heavy (non-hydrogen) atoms. The Kier molecular flexibility index (Phi) is 4.72. The minimum Gasteiger partial charge on any atom is -0.424 e. The molecular formula is C22H20N6O. The van der Waals surface area contributed by atoms with Crippen LogP contribution in [0, 0.1) is 0 Å². The van der Waals surface area contributed by atoms with Gasteiger partial charge in [0.1, 0.15) is 5.75 Å². The van der Waals surface area contributed by atoms with Crippen LogP contribution in [0.25, 0.3) is 0 Å². The first-order valence-electron chi connectivity index (χ1n) is 9.57. The molecule has 0 fully saturated rings. The highest BCUT2D eigenvalue weighted by Gasteiger charge is 2.31. The zero-order valence-corrected chi connectivity index (χ0v) is 15.8. The summed E-state index contributed by atoms with van der Waals surface area (Å²) in [4.78, 5) is 22.8. The van der Waals surface area contributed by atoms with E-state index in [0.29, 0.717) is 6.01 Å². The summed E-state index contributed by atoms with van der Waals surface area (Å²) in [6.45, 7) is 1.76. The van der Waals surface area contributed by atoms with E-state index < -0.39 is 0 Å². The zero-order chi connectivity index (χ0) is 19.5. The number of hydrogen-bond donors (Lipinski definition) is 1. The van der Waals surface area contributed by atoms with Crippen molar-refractivity contribution in [2.24, 2.45) is 0 Å². The normalized spacial score (nSPS) is 16.3. The number of H-pyrrole nitrogens is 1. The molecule has 0 amide bonds. The molecule has 5 rings (SSSR count). The Morgan fingerprint density at radius 2 is 1.86 bits per heavy atom. The molecule has 4 heterocycles. The zero-order valence-electron chi connectivity index (χ0n) is 15.8. The number of benzene rings is 1. The van der Waals surface area contributed by atoms with Gasteiger partial charge < -0.3 is 9.72 Å². The van der Waals surface area contributed by atoms with E-state index in [4.69, 9.17) is 4.74 Å². The maximum absolute atomic E-state index is 5.69. The van der Waals surface area contributed by atoms with Gasteiger partial charge in [0.05, 0.1) is 18.1 Å². The number of rotatable bonds is 5. The average molecular weight is 384 g/mol. The van der Waals surface area contributed by atoms with Gasteiger partial charge in [0.25, 0.3) is 0 Å². The molecule has 0 saturated carbocycles. The fraction of sp³-hybridized carbons (Fsp3) is 0.182. The maximum atomic E-state index is 5.69. The summed E-state index contributed by atoms with van der Waals surface area (Å²) in [5.41, 5.74) is 4.66. The number of pyridine rings is 1. The van der Waals surface area contributed by atoms with Crippen molar-refractivity contribution in [2.75, 3.05) is 6.54 Å². The highest BCUT2D eigenvalue weighted by Crippen LogP contribution is 2.34. The van der Waals surface area contributed by atoms with Crippen molar-refractivity contribution in [1.82, 2.24) is 29.8 Å². The van der Waals surface area contributed by atoms with Gasteiger partial charge in [-0.25, -0.2) is 15.0 Å². The van der Waals surface area contributed by atoms with Gasteiger partial charge in [-0.2, -0.15) is 0 Å². The lowest BCUT2D eigenvalue weighted by atomic mass is 9.96. The Morgan fingerprint density at radius 1 is 1.00 bits per heavy atom. The molecule has 0 saturated heterocycles. The lowest BCUT2D eigenvalue weighted by molar-refractivity contribution is 0.200. The topological polar surface area (TPSA) is 79.8 Å². The average Bonchev–Trinajstić information content (AvgIpc) is 3.25. The molecule has 1 aliphatic rings. The summed E-state index contributed by atoms with van der Waals surface area (Å²) in [7, 11) is 0. The van der Waals surface area contributed by atoms with E-state index in [1.54, 1.807) is 31.0 Å². The third-order valence-electron chi connectivity index (χ3n) is 5.09. The summed E-state index contributed by atoms with van der Waals surface area (Å²) >= 11 is 0. The molecule has 3 aromatic heterocycles. The Bertz CT molecular complexity index is 1070. The van der Waals surface area contributed by atoms with Gasteiger partial charge in [-0.1, -0.05) is 18.2 Å². The van der Waals surface area contributed by atoms with Gasteiger partial charge in [-0.05, 0) is 35.4 Å². The minimum absolute atomic E-state index is 0.0901. The lowest BCUT2D eigenvalue weighted by Gasteiger charge is -2.35. The Labute approximate surface area is 168 Å². The predicted octanol–water partition coefficient (Wildman–Crippen LogP) is 3.53. The van der Waals surface area contributed by atoms with Crippen LogP contribution in [0.3, 0.4) is 0 Å². The molecule has 7 nitrogen and oxygen atoms in total. The van der Waals surface area contributed by atoms with Gasteiger partial charge in [0.15, 0.2) is 0 Å². The van der Waals surface area contributed by atoms with Crippen molar-refractivity contribution in [1.29, 1.82) is 0 Å². The number of aromatic nitrogens is 5. The molecule has 1 N–H and O–H groups in total. The number of hydrogen-bond acceptors (Lipinski definition) is 6. The van der Waals surface area contributed by atoms with Gasteiger partial charge in [0, 0.05) is 50.0 Å². The quantitative estimate of drug-likeness (QED) is 0.567. The van der Waals surface area contributed by atoms with E-state index in [0.717, 1.165) is 36.5 Å². The third kappa shape index (κ3) is 3.72. The molecular weight excluding hydrogens is 364 g/mol. The smallest absolute Gasteiger partial charge is 0.321 e. The van der Waals surface area contributed by atoms with Crippen molar-refractivity contribution in [3.05, 3.63) is 96.1 Å². The highest BCUT2D eigenvalue weighted by molar-refractivity contribution is 5.33. The number of fused-ring (bicyclic) bond motifs is 1. The Hall–Kier alpha value is -3.58. The first-order valence-corrected chi connectivity index (χ1v) is 9.57. The predicted molar refractivity (Wildman–Crippen MR) is 107 cm³/mol. The number of aromatic amines is 1. The van der Waals surface area contributed by atoms with Crippen molar-refractivity contribution in [3.63, 3.8) is 0 Å². The van der Waals surface area contributed by atoms with E-state index in [1.165, 1.54) is 11.3 Å². The summed E-state index contributed by atoms with van der Waals surface area (Å²) in [6, 6.07) is 14.4. The van der Waals surface area contributed by atoms with E-state index >= 15 is 0 Å². The standard InChI is InChI=1S/C22H20N6O/c1-3-17(13-23-9-1)21-20-19(26-15-27-20)8-12-28(21)14-16-4-6-18(7-5-16)29-22-24-10-2-11-25-22/h1-7,9-11,13,15,21H,8,12,14H2,(H,26,27)/t21-/m1/s1. The number of nitrogens with zero attached hydrogens (tertiary/aromatic N) is 5. The summed E-state index contributed by atoms with van der Waals surface area (Å²) in [5.74, 6) is 0.719. The van der Waals surface area contributed by atoms with E-state index in [2.05, 4.69) is 48.0 Å². The van der Waals surface area contributed by atoms with Crippen molar-refractivity contribution < 1.29 is 4.74 Å². The van der Waals surface area contributed by atoms with E-state index in [9.17, 15) is 0 Å². The van der Waals surface area contributed by atoms with Crippen molar-refractivity contribution >= 4 is 0 Å². The van der Waals surface area contributed by atoms with Gasteiger partial charge in [-0.15, -0.1) is 0 Å². The third-order valence-corrected chi connectivity index (χ3v) is 5.09. The summed E-state index contributed by atoms with van der Waals surface area (Å²) < 4.78 is 5.69. The van der Waals surface area contributed by atoms with Crippen LogP contribution in [0.4, 0.5) is 0 Å². The lowest BCUT2D eigenvalue weighted by Crippen LogP contribution is -2.35. The molecule has 0 spiro atoms. The Balaban J connectivity index is 1.36. The van der Waals surface area contributed by atoms with Crippen LogP contribution in [0.5, 0.6) is 11.8 Å². The minimum atomic E-state index is 0.0901. The van der Waals surface area contributed by atoms with Crippen LogP contribution in [-0.4, -0.2) is 36.4 Å². The van der Waals surface area contributed by atoms with Gasteiger partial charge in [0.2, 0.25) is 0 Å². The monoisotopic (exact) mass is 384 g/mol. The highest BCUT2D eigenvalue weighted by atomic mass is 16.5. The van der Waals surface area contributed by atoms with Crippen molar-refractivity contribution in [3.8, 4) is 11.8 Å². The molecule has 144 valence electrons. The van der Waals surface area contributed by atoms with Crippen LogP contribution in [0.2, 0.25) is 0 Å². The number of ether oxygens (including phenoxy) is 1. The van der Waals surface area contributed by atoms with Crippen LogP contribution in [0.15, 0.2) is 73.6 Å².